The van der Waals surface area contributed by atoms with Crippen LogP contribution in [0.2, 0.25) is 0 Å². The van der Waals surface area contributed by atoms with Gasteiger partial charge in [0, 0.05) is 30.2 Å². The molecule has 3 rings (SSSR count). The number of benzene rings is 2. The highest BCUT2D eigenvalue weighted by Crippen LogP contribution is 2.21. The van der Waals surface area contributed by atoms with Gasteiger partial charge in [-0.25, -0.2) is 4.39 Å². The summed E-state index contributed by atoms with van der Waals surface area (Å²) >= 11 is 0. The number of carbonyl (C=O) groups excluding carboxylic acids is 1. The lowest BCUT2D eigenvalue weighted by molar-refractivity contribution is -0.114. The summed E-state index contributed by atoms with van der Waals surface area (Å²) in [5, 5.41) is 5.75. The third kappa shape index (κ3) is 4.47. The molecule has 1 heterocycles. The van der Waals surface area contributed by atoms with Crippen molar-refractivity contribution in [1.82, 2.24) is 0 Å². The van der Waals surface area contributed by atoms with Gasteiger partial charge in [0.15, 0.2) is 0 Å². The summed E-state index contributed by atoms with van der Waals surface area (Å²) in [6, 6.07) is 14.0. The fourth-order valence-corrected chi connectivity index (χ4v) is 2.90. The Morgan fingerprint density at radius 2 is 1.75 bits per heavy atom. The summed E-state index contributed by atoms with van der Waals surface area (Å²) in [5.41, 5.74) is 2.58. The Morgan fingerprint density at radius 1 is 1.00 bits per heavy atom. The highest BCUT2D eigenvalue weighted by molar-refractivity contribution is 5.93. The van der Waals surface area contributed by atoms with Gasteiger partial charge in [0.2, 0.25) is 5.91 Å². The molecule has 0 aliphatic carbocycles. The first-order valence-corrected chi connectivity index (χ1v) is 8.35. The summed E-state index contributed by atoms with van der Waals surface area (Å²) in [6.07, 6.45) is 3.82. The van der Waals surface area contributed by atoms with E-state index in [4.69, 9.17) is 0 Å². The second kappa shape index (κ2) is 7.81. The third-order valence-electron chi connectivity index (χ3n) is 4.15. The molecule has 2 N–H and O–H groups in total. The van der Waals surface area contributed by atoms with Gasteiger partial charge in [0.25, 0.3) is 0 Å². The molecule has 24 heavy (non-hydrogen) atoms. The molecule has 1 aliphatic rings. The van der Waals surface area contributed by atoms with E-state index >= 15 is 0 Å². The Morgan fingerprint density at radius 3 is 2.46 bits per heavy atom. The second-order valence-corrected chi connectivity index (χ2v) is 6.01. The van der Waals surface area contributed by atoms with Gasteiger partial charge in [0.05, 0.1) is 6.54 Å². The summed E-state index contributed by atoms with van der Waals surface area (Å²) < 4.78 is 13.1. The van der Waals surface area contributed by atoms with Gasteiger partial charge in [-0.1, -0.05) is 6.07 Å². The molecule has 1 fully saturated rings. The topological polar surface area (TPSA) is 44.4 Å². The first kappa shape index (κ1) is 16.3. The van der Waals surface area contributed by atoms with Gasteiger partial charge < -0.3 is 15.5 Å². The Balaban J connectivity index is 1.50. The van der Waals surface area contributed by atoms with Crippen LogP contribution in [0, 0.1) is 5.82 Å². The quantitative estimate of drug-likeness (QED) is 0.876. The third-order valence-corrected chi connectivity index (χ3v) is 4.15. The van der Waals surface area contributed by atoms with Gasteiger partial charge in [-0.05, 0) is 61.7 Å². The monoisotopic (exact) mass is 327 g/mol. The Bertz CT molecular complexity index is 681. The molecule has 0 aromatic heterocycles. The standard InChI is InChI=1S/C19H22FN3O/c20-15-5-4-6-17(13-15)22-19(24)14-21-16-7-9-18(10-8-16)23-11-2-1-3-12-23/h4-10,13,21H,1-3,11-12,14H2,(H,22,24). The van der Waals surface area contributed by atoms with Gasteiger partial charge in [-0.3, -0.25) is 4.79 Å². The number of nitrogens with one attached hydrogen (secondary N) is 2. The molecule has 0 bridgehead atoms. The van der Waals surface area contributed by atoms with E-state index in [1.54, 1.807) is 12.1 Å². The molecule has 2 aromatic rings. The van der Waals surface area contributed by atoms with E-state index in [0.29, 0.717) is 5.69 Å². The van der Waals surface area contributed by atoms with E-state index in [0.717, 1.165) is 18.8 Å². The van der Waals surface area contributed by atoms with Crippen LogP contribution in [0.5, 0.6) is 0 Å². The van der Waals surface area contributed by atoms with Crippen LogP contribution in [-0.2, 0) is 4.79 Å². The van der Waals surface area contributed by atoms with Gasteiger partial charge in [-0.15, -0.1) is 0 Å². The maximum Gasteiger partial charge on any atom is 0.243 e. The van der Waals surface area contributed by atoms with Crippen molar-refractivity contribution in [1.29, 1.82) is 0 Å². The molecule has 0 atom stereocenters. The number of hydrogen-bond acceptors (Lipinski definition) is 3. The lowest BCUT2D eigenvalue weighted by atomic mass is 10.1. The van der Waals surface area contributed by atoms with Crippen LogP contribution in [0.15, 0.2) is 48.5 Å². The van der Waals surface area contributed by atoms with E-state index in [1.807, 2.05) is 12.1 Å². The number of amides is 1. The molecule has 1 amide bonds. The Kier molecular flexibility index (Phi) is 5.31. The summed E-state index contributed by atoms with van der Waals surface area (Å²) in [7, 11) is 0. The molecular weight excluding hydrogens is 305 g/mol. The first-order valence-electron chi connectivity index (χ1n) is 8.35. The zero-order chi connectivity index (χ0) is 16.8. The number of piperidine rings is 1. The minimum atomic E-state index is -0.367. The fraction of sp³-hybridized carbons (Fsp3) is 0.316. The average Bonchev–Trinajstić information content (AvgIpc) is 2.61. The highest BCUT2D eigenvalue weighted by Gasteiger charge is 2.10. The van der Waals surface area contributed by atoms with Crippen molar-refractivity contribution in [2.75, 3.05) is 35.2 Å². The average molecular weight is 327 g/mol. The number of halogens is 1. The zero-order valence-corrected chi connectivity index (χ0v) is 13.6. The maximum atomic E-state index is 13.1. The van der Waals surface area contributed by atoms with Crippen molar-refractivity contribution in [3.05, 3.63) is 54.3 Å². The second-order valence-electron chi connectivity index (χ2n) is 6.01. The van der Waals surface area contributed by atoms with E-state index < -0.39 is 0 Å². The van der Waals surface area contributed by atoms with E-state index in [2.05, 4.69) is 27.7 Å². The van der Waals surface area contributed by atoms with Gasteiger partial charge in [-0.2, -0.15) is 0 Å². The number of hydrogen-bond donors (Lipinski definition) is 2. The summed E-state index contributed by atoms with van der Waals surface area (Å²) in [5.74, 6) is -0.574. The molecule has 1 aliphatic heterocycles. The minimum Gasteiger partial charge on any atom is -0.376 e. The molecule has 5 heteroatoms. The molecule has 2 aromatic carbocycles. The van der Waals surface area contributed by atoms with Crippen molar-refractivity contribution >= 4 is 23.0 Å². The molecule has 0 saturated carbocycles. The summed E-state index contributed by atoms with van der Waals surface area (Å²) in [6.45, 7) is 2.37. The Labute approximate surface area is 141 Å². The molecule has 1 saturated heterocycles. The van der Waals surface area contributed by atoms with Crippen molar-refractivity contribution in [2.24, 2.45) is 0 Å². The fourth-order valence-electron chi connectivity index (χ4n) is 2.90. The lowest BCUT2D eigenvalue weighted by Crippen LogP contribution is -2.29. The number of nitrogens with zero attached hydrogens (tertiary/aromatic N) is 1. The molecule has 0 spiro atoms. The van der Waals surface area contributed by atoms with Crippen LogP contribution in [0.25, 0.3) is 0 Å². The van der Waals surface area contributed by atoms with Crippen LogP contribution in [0.3, 0.4) is 0 Å². The van der Waals surface area contributed by atoms with Gasteiger partial charge >= 0.3 is 0 Å². The predicted octanol–water partition coefficient (Wildman–Crippen LogP) is 3.87. The first-order chi connectivity index (χ1) is 11.7. The zero-order valence-electron chi connectivity index (χ0n) is 13.6. The van der Waals surface area contributed by atoms with E-state index in [9.17, 15) is 9.18 Å². The van der Waals surface area contributed by atoms with Crippen molar-refractivity contribution < 1.29 is 9.18 Å². The number of carbonyl (C=O) groups is 1. The largest absolute Gasteiger partial charge is 0.376 e. The maximum absolute atomic E-state index is 13.1. The molecule has 0 radical (unpaired) electrons. The van der Waals surface area contributed by atoms with E-state index in [-0.39, 0.29) is 18.3 Å². The van der Waals surface area contributed by atoms with Crippen molar-refractivity contribution in [3.8, 4) is 0 Å². The van der Waals surface area contributed by atoms with Crippen molar-refractivity contribution in [2.45, 2.75) is 19.3 Å². The van der Waals surface area contributed by atoms with Crippen molar-refractivity contribution in [3.63, 3.8) is 0 Å². The van der Waals surface area contributed by atoms with E-state index in [1.165, 1.54) is 37.1 Å². The molecule has 4 nitrogen and oxygen atoms in total. The Hall–Kier alpha value is -2.56. The SMILES string of the molecule is O=C(CNc1ccc(N2CCCCC2)cc1)Nc1cccc(F)c1. The molecule has 0 unspecified atom stereocenters. The van der Waals surface area contributed by atoms with Gasteiger partial charge in [0.1, 0.15) is 5.82 Å². The predicted molar refractivity (Wildman–Crippen MR) is 96.0 cm³/mol. The minimum absolute atomic E-state index is 0.138. The smallest absolute Gasteiger partial charge is 0.243 e. The van der Waals surface area contributed by atoms with Crippen LogP contribution < -0.4 is 15.5 Å². The summed E-state index contributed by atoms with van der Waals surface area (Å²) in [4.78, 5) is 14.3. The highest BCUT2D eigenvalue weighted by atomic mass is 19.1. The lowest BCUT2D eigenvalue weighted by Gasteiger charge is -2.28. The molecular formula is C19H22FN3O. The number of rotatable bonds is 5. The normalized spacial score (nSPS) is 14.3. The van der Waals surface area contributed by atoms with Crippen LogP contribution in [0.4, 0.5) is 21.5 Å². The van der Waals surface area contributed by atoms with Crippen LogP contribution in [0.1, 0.15) is 19.3 Å². The number of anilines is 3. The van der Waals surface area contributed by atoms with Crippen LogP contribution in [-0.4, -0.2) is 25.5 Å². The molecule has 126 valence electrons. The van der Waals surface area contributed by atoms with Crippen LogP contribution >= 0.6 is 0 Å².